The molecule has 1 saturated carbocycles. The number of nitrogens with zero attached hydrogens (tertiary/aromatic N) is 2. The molecule has 0 atom stereocenters. The van der Waals surface area contributed by atoms with Crippen molar-refractivity contribution in [1.82, 2.24) is 10.2 Å². The van der Waals surface area contributed by atoms with Gasteiger partial charge in [0.25, 0.3) is 0 Å². The van der Waals surface area contributed by atoms with Crippen molar-refractivity contribution in [2.45, 2.75) is 38.1 Å². The number of hydrogen-bond donors (Lipinski definition) is 1. The van der Waals surface area contributed by atoms with Crippen molar-refractivity contribution in [1.29, 1.82) is 0 Å². The molecular formula is C11H17N3. The normalized spacial score (nSPS) is 32.9. The fourth-order valence-electron chi connectivity index (χ4n) is 2.10. The Balaban J connectivity index is 2.17. The van der Waals surface area contributed by atoms with Crippen LogP contribution in [0.1, 0.15) is 38.3 Å². The molecule has 0 bridgehead atoms. The van der Waals surface area contributed by atoms with Gasteiger partial charge in [-0.15, -0.1) is 0 Å². The van der Waals surface area contributed by atoms with E-state index in [0.29, 0.717) is 0 Å². The Kier molecular flexibility index (Phi) is 2.50. The van der Waals surface area contributed by atoms with E-state index in [1.54, 1.807) is 6.20 Å². The zero-order chi connectivity index (χ0) is 10.0. The molecule has 0 aromatic carbocycles. The Morgan fingerprint density at radius 1 is 1.43 bits per heavy atom. The summed E-state index contributed by atoms with van der Waals surface area (Å²) in [5.74, 6) is 0.809. The van der Waals surface area contributed by atoms with Crippen LogP contribution in [0.2, 0.25) is 0 Å². The number of hydrogen-bond acceptors (Lipinski definition) is 3. The highest BCUT2D eigenvalue weighted by molar-refractivity contribution is 5.13. The van der Waals surface area contributed by atoms with Gasteiger partial charge in [-0.2, -0.15) is 10.2 Å². The van der Waals surface area contributed by atoms with Crippen LogP contribution in [0.3, 0.4) is 0 Å². The molecule has 3 nitrogen and oxygen atoms in total. The molecule has 76 valence electrons. The minimum Gasteiger partial charge on any atom is -0.320 e. The molecule has 3 heteroatoms. The molecule has 0 amide bonds. The van der Waals surface area contributed by atoms with Crippen molar-refractivity contribution in [2.24, 2.45) is 11.7 Å². The molecule has 1 heterocycles. The van der Waals surface area contributed by atoms with Gasteiger partial charge >= 0.3 is 0 Å². The number of nitrogens with two attached hydrogens (primary N) is 1. The molecule has 0 radical (unpaired) electrons. The molecule has 2 rings (SSSR count). The molecule has 1 aromatic rings. The second-order valence-electron chi connectivity index (χ2n) is 4.45. The summed E-state index contributed by atoms with van der Waals surface area (Å²) >= 11 is 0. The monoisotopic (exact) mass is 191 g/mol. The van der Waals surface area contributed by atoms with Gasteiger partial charge in [0.1, 0.15) is 0 Å². The second-order valence-corrected chi connectivity index (χ2v) is 4.45. The Morgan fingerprint density at radius 3 is 2.71 bits per heavy atom. The van der Waals surface area contributed by atoms with Gasteiger partial charge in [0.05, 0.1) is 11.2 Å². The quantitative estimate of drug-likeness (QED) is 0.737. The summed E-state index contributed by atoms with van der Waals surface area (Å²) < 4.78 is 0. The van der Waals surface area contributed by atoms with Crippen molar-refractivity contribution in [3.8, 4) is 0 Å². The summed E-state index contributed by atoms with van der Waals surface area (Å²) in [6, 6.07) is 3.90. The van der Waals surface area contributed by atoms with Crippen LogP contribution in [0.5, 0.6) is 0 Å². The first-order valence-corrected chi connectivity index (χ1v) is 5.28. The van der Waals surface area contributed by atoms with Crippen LogP contribution < -0.4 is 5.73 Å². The van der Waals surface area contributed by atoms with E-state index < -0.39 is 0 Å². The van der Waals surface area contributed by atoms with Gasteiger partial charge in [-0.1, -0.05) is 6.92 Å². The summed E-state index contributed by atoms with van der Waals surface area (Å²) in [5, 5.41) is 8.02. The van der Waals surface area contributed by atoms with E-state index in [2.05, 4.69) is 17.1 Å². The Labute approximate surface area is 84.7 Å². The molecule has 0 unspecified atom stereocenters. The Bertz CT molecular complexity index is 289. The first-order chi connectivity index (χ1) is 6.71. The largest absolute Gasteiger partial charge is 0.320 e. The third-order valence-corrected chi connectivity index (χ3v) is 3.25. The SMILES string of the molecule is CC1CCC(N)(c2cccnn2)CC1. The van der Waals surface area contributed by atoms with Gasteiger partial charge < -0.3 is 5.73 Å². The maximum Gasteiger partial charge on any atom is 0.0829 e. The molecule has 1 aliphatic carbocycles. The topological polar surface area (TPSA) is 51.8 Å². The van der Waals surface area contributed by atoms with Gasteiger partial charge in [0, 0.05) is 6.20 Å². The van der Waals surface area contributed by atoms with Crippen LogP contribution in [0, 0.1) is 5.92 Å². The maximum atomic E-state index is 6.34. The number of aromatic nitrogens is 2. The highest BCUT2D eigenvalue weighted by Crippen LogP contribution is 2.35. The first kappa shape index (κ1) is 9.59. The van der Waals surface area contributed by atoms with Crippen LogP contribution >= 0.6 is 0 Å². The van der Waals surface area contributed by atoms with E-state index in [0.717, 1.165) is 24.5 Å². The zero-order valence-corrected chi connectivity index (χ0v) is 8.61. The predicted octanol–water partition coefficient (Wildman–Crippen LogP) is 1.84. The van der Waals surface area contributed by atoms with Crippen LogP contribution in [-0.4, -0.2) is 10.2 Å². The molecule has 14 heavy (non-hydrogen) atoms. The van der Waals surface area contributed by atoms with Gasteiger partial charge in [0.2, 0.25) is 0 Å². The molecule has 1 aromatic heterocycles. The summed E-state index contributed by atoms with van der Waals surface area (Å²) in [7, 11) is 0. The molecule has 0 spiro atoms. The average Bonchev–Trinajstić information content (AvgIpc) is 2.24. The predicted molar refractivity (Wildman–Crippen MR) is 55.5 cm³/mol. The van der Waals surface area contributed by atoms with Crippen LogP contribution in [0.4, 0.5) is 0 Å². The van der Waals surface area contributed by atoms with Crippen molar-refractivity contribution in [2.75, 3.05) is 0 Å². The van der Waals surface area contributed by atoms with Gasteiger partial charge in [-0.3, -0.25) is 0 Å². The third-order valence-electron chi connectivity index (χ3n) is 3.25. The lowest BCUT2D eigenvalue weighted by Gasteiger charge is -2.35. The van der Waals surface area contributed by atoms with E-state index in [9.17, 15) is 0 Å². The van der Waals surface area contributed by atoms with E-state index >= 15 is 0 Å². The summed E-state index contributed by atoms with van der Waals surface area (Å²) in [5.41, 5.74) is 7.07. The lowest BCUT2D eigenvalue weighted by atomic mass is 9.76. The lowest BCUT2D eigenvalue weighted by molar-refractivity contribution is 0.241. The van der Waals surface area contributed by atoms with Crippen molar-refractivity contribution in [3.63, 3.8) is 0 Å². The summed E-state index contributed by atoms with van der Waals surface area (Å²) in [6.07, 6.45) is 6.16. The van der Waals surface area contributed by atoms with Crippen LogP contribution in [-0.2, 0) is 5.54 Å². The van der Waals surface area contributed by atoms with E-state index in [4.69, 9.17) is 5.73 Å². The van der Waals surface area contributed by atoms with Crippen molar-refractivity contribution in [3.05, 3.63) is 24.0 Å². The Hall–Kier alpha value is -0.960. The molecule has 0 aliphatic heterocycles. The van der Waals surface area contributed by atoms with Gasteiger partial charge in [-0.25, -0.2) is 0 Å². The van der Waals surface area contributed by atoms with E-state index in [1.165, 1.54) is 12.8 Å². The molecule has 0 saturated heterocycles. The summed E-state index contributed by atoms with van der Waals surface area (Å²) in [4.78, 5) is 0. The molecule has 1 aliphatic rings. The smallest absolute Gasteiger partial charge is 0.0829 e. The number of rotatable bonds is 1. The minimum absolute atomic E-state index is 0.221. The third kappa shape index (κ3) is 1.77. The maximum absolute atomic E-state index is 6.34. The Morgan fingerprint density at radius 2 is 2.14 bits per heavy atom. The highest BCUT2D eigenvalue weighted by Gasteiger charge is 2.33. The van der Waals surface area contributed by atoms with E-state index in [-0.39, 0.29) is 5.54 Å². The fraction of sp³-hybridized carbons (Fsp3) is 0.636. The second kappa shape index (κ2) is 3.65. The molecule has 1 fully saturated rings. The van der Waals surface area contributed by atoms with Crippen LogP contribution in [0.25, 0.3) is 0 Å². The van der Waals surface area contributed by atoms with Gasteiger partial charge in [0.15, 0.2) is 0 Å². The highest BCUT2D eigenvalue weighted by atomic mass is 15.1. The van der Waals surface area contributed by atoms with Gasteiger partial charge in [-0.05, 0) is 43.7 Å². The van der Waals surface area contributed by atoms with E-state index in [1.807, 2.05) is 12.1 Å². The standard InChI is InChI=1S/C11H17N3/c1-9-4-6-11(12,7-5-9)10-3-2-8-13-14-10/h2-3,8-9H,4-7,12H2,1H3. The average molecular weight is 191 g/mol. The molecule has 2 N–H and O–H groups in total. The van der Waals surface area contributed by atoms with Crippen molar-refractivity contribution >= 4 is 0 Å². The van der Waals surface area contributed by atoms with Crippen LogP contribution in [0.15, 0.2) is 18.3 Å². The lowest BCUT2D eigenvalue weighted by Crippen LogP contribution is -2.41. The van der Waals surface area contributed by atoms with Crippen molar-refractivity contribution < 1.29 is 0 Å². The summed E-state index contributed by atoms with van der Waals surface area (Å²) in [6.45, 7) is 2.29. The minimum atomic E-state index is -0.221. The molecular weight excluding hydrogens is 174 g/mol. The zero-order valence-electron chi connectivity index (χ0n) is 8.61. The fourth-order valence-corrected chi connectivity index (χ4v) is 2.10. The first-order valence-electron chi connectivity index (χ1n) is 5.28.